The summed E-state index contributed by atoms with van der Waals surface area (Å²) in [7, 11) is -2.62. The summed E-state index contributed by atoms with van der Waals surface area (Å²) >= 11 is 1.05. The van der Waals surface area contributed by atoms with Crippen LogP contribution in [-0.2, 0) is 14.6 Å². The summed E-state index contributed by atoms with van der Waals surface area (Å²) in [6.45, 7) is 1.89. The van der Waals surface area contributed by atoms with E-state index in [-0.39, 0.29) is 26.4 Å². The van der Waals surface area contributed by atoms with Gasteiger partial charge in [-0.2, -0.15) is 0 Å². The predicted octanol–water partition coefficient (Wildman–Crippen LogP) is 4.00. The minimum absolute atomic E-state index is 0.0256. The second-order valence-corrected chi connectivity index (χ2v) is 9.70. The van der Waals surface area contributed by atoms with Crippen LogP contribution in [0.5, 0.6) is 0 Å². The van der Waals surface area contributed by atoms with Crippen molar-refractivity contribution in [3.05, 3.63) is 34.7 Å². The van der Waals surface area contributed by atoms with Crippen molar-refractivity contribution in [1.29, 1.82) is 0 Å². The van der Waals surface area contributed by atoms with Gasteiger partial charge in [-0.25, -0.2) is 13.2 Å². The Balaban J connectivity index is 2.09. The third kappa shape index (κ3) is 3.96. The summed E-state index contributed by atoms with van der Waals surface area (Å²) in [6, 6.07) is 6.78. The van der Waals surface area contributed by atoms with Gasteiger partial charge in [0.1, 0.15) is 14.8 Å². The van der Waals surface area contributed by atoms with Crippen molar-refractivity contribution < 1.29 is 17.9 Å². The maximum Gasteiger partial charge on any atom is 0.350 e. The van der Waals surface area contributed by atoms with Gasteiger partial charge in [-0.1, -0.05) is 37.0 Å². The molecular formula is C19H24N2O4S2. The van der Waals surface area contributed by atoms with Crippen molar-refractivity contribution in [2.75, 3.05) is 18.2 Å². The molecule has 146 valence electrons. The Hall–Kier alpha value is -2.06. The predicted molar refractivity (Wildman–Crippen MR) is 107 cm³/mol. The molecule has 3 rings (SSSR count). The number of nitrogen functional groups attached to an aromatic ring is 1. The number of anilines is 2. The van der Waals surface area contributed by atoms with E-state index < -0.39 is 15.8 Å². The molecule has 1 fully saturated rings. The zero-order valence-electron chi connectivity index (χ0n) is 15.4. The van der Waals surface area contributed by atoms with Gasteiger partial charge in [-0.05, 0) is 31.9 Å². The number of hydrogen-bond donors (Lipinski definition) is 2. The van der Waals surface area contributed by atoms with Gasteiger partial charge in [0, 0.05) is 6.04 Å². The molecule has 0 radical (unpaired) electrons. The maximum absolute atomic E-state index is 13.3. The van der Waals surface area contributed by atoms with Crippen LogP contribution in [-0.4, -0.2) is 27.5 Å². The monoisotopic (exact) mass is 408 g/mol. The number of nitrogens with one attached hydrogen (secondary N) is 1. The lowest BCUT2D eigenvalue weighted by molar-refractivity contribution is 0.0607. The highest BCUT2D eigenvalue weighted by atomic mass is 32.2. The number of ether oxygens (including phenoxy) is 1. The molecule has 1 aliphatic rings. The van der Waals surface area contributed by atoms with Crippen LogP contribution >= 0.6 is 11.3 Å². The Labute approximate surface area is 163 Å². The molecule has 3 N–H and O–H groups in total. The van der Waals surface area contributed by atoms with E-state index in [1.807, 2.05) is 6.92 Å². The number of benzene rings is 1. The van der Waals surface area contributed by atoms with Crippen LogP contribution in [0.3, 0.4) is 0 Å². The smallest absolute Gasteiger partial charge is 0.350 e. The van der Waals surface area contributed by atoms with Crippen LogP contribution in [0, 0.1) is 6.92 Å². The van der Waals surface area contributed by atoms with Gasteiger partial charge < -0.3 is 15.8 Å². The minimum Gasteiger partial charge on any atom is -0.465 e. The topological polar surface area (TPSA) is 98.5 Å². The zero-order valence-corrected chi connectivity index (χ0v) is 17.1. The number of esters is 1. The standard InChI is InChI=1S/C19H24N2O4S2/c1-12-8-10-14(11-9-12)27(23,24)17-15(20)16(19(22)25-2)26-18(17)21-13-6-4-3-5-7-13/h8-11,13,21H,3-7,20H2,1-2H3. The minimum atomic E-state index is -3.87. The van der Waals surface area contributed by atoms with Gasteiger partial charge in [0.15, 0.2) is 0 Å². The van der Waals surface area contributed by atoms with Crippen molar-refractivity contribution in [3.63, 3.8) is 0 Å². The Morgan fingerprint density at radius 1 is 1.19 bits per heavy atom. The quantitative estimate of drug-likeness (QED) is 0.726. The van der Waals surface area contributed by atoms with E-state index >= 15 is 0 Å². The first-order valence-corrected chi connectivity index (χ1v) is 11.2. The highest BCUT2D eigenvalue weighted by molar-refractivity contribution is 7.92. The van der Waals surface area contributed by atoms with E-state index in [0.717, 1.165) is 42.6 Å². The third-order valence-corrected chi connectivity index (χ3v) is 7.91. The van der Waals surface area contributed by atoms with Crippen LogP contribution in [0.25, 0.3) is 0 Å². The van der Waals surface area contributed by atoms with Crippen molar-refractivity contribution in [1.82, 2.24) is 0 Å². The van der Waals surface area contributed by atoms with Crippen LogP contribution in [0.1, 0.15) is 47.3 Å². The van der Waals surface area contributed by atoms with Gasteiger partial charge in [0.05, 0.1) is 17.7 Å². The molecule has 0 bridgehead atoms. The molecular weight excluding hydrogens is 384 g/mol. The molecule has 6 nitrogen and oxygen atoms in total. The molecule has 27 heavy (non-hydrogen) atoms. The molecule has 1 aromatic carbocycles. The molecule has 1 aliphatic carbocycles. The first-order valence-electron chi connectivity index (χ1n) is 8.93. The van der Waals surface area contributed by atoms with E-state index in [4.69, 9.17) is 10.5 Å². The molecule has 0 aliphatic heterocycles. The summed E-state index contributed by atoms with van der Waals surface area (Å²) in [5.41, 5.74) is 7.04. The molecule has 0 amide bonds. The highest BCUT2D eigenvalue weighted by Crippen LogP contribution is 2.43. The van der Waals surface area contributed by atoms with Crippen LogP contribution in [0.4, 0.5) is 10.7 Å². The molecule has 0 spiro atoms. The fraction of sp³-hybridized carbons (Fsp3) is 0.421. The molecule has 1 saturated carbocycles. The number of nitrogens with two attached hydrogens (primary N) is 1. The number of rotatable bonds is 5. The summed E-state index contributed by atoms with van der Waals surface area (Å²) in [5.74, 6) is -0.630. The number of thiophene rings is 1. The second kappa shape index (κ2) is 7.90. The Kier molecular flexibility index (Phi) is 5.76. The highest BCUT2D eigenvalue weighted by Gasteiger charge is 2.32. The molecule has 0 saturated heterocycles. The van der Waals surface area contributed by atoms with Gasteiger partial charge in [0.2, 0.25) is 9.84 Å². The third-order valence-electron chi connectivity index (χ3n) is 4.81. The zero-order chi connectivity index (χ0) is 19.6. The number of methoxy groups -OCH3 is 1. The fourth-order valence-electron chi connectivity index (χ4n) is 3.30. The normalized spacial score (nSPS) is 15.5. The summed E-state index contributed by atoms with van der Waals surface area (Å²) in [5, 5.41) is 3.75. The first kappa shape index (κ1) is 19.7. The Bertz CT molecular complexity index is 927. The van der Waals surface area contributed by atoms with E-state index in [1.54, 1.807) is 24.3 Å². The molecule has 2 aromatic rings. The first-order chi connectivity index (χ1) is 12.8. The lowest BCUT2D eigenvalue weighted by Gasteiger charge is -2.23. The number of aryl methyl sites for hydroxylation is 1. The van der Waals surface area contributed by atoms with Crippen molar-refractivity contribution >= 4 is 37.8 Å². The largest absolute Gasteiger partial charge is 0.465 e. The average Bonchev–Trinajstić information content (AvgIpc) is 2.99. The Morgan fingerprint density at radius 3 is 2.41 bits per heavy atom. The van der Waals surface area contributed by atoms with Crippen molar-refractivity contribution in [3.8, 4) is 0 Å². The number of carbonyl (C=O) groups excluding carboxylic acids is 1. The van der Waals surface area contributed by atoms with Gasteiger partial charge in [0.25, 0.3) is 0 Å². The fourth-order valence-corrected chi connectivity index (χ4v) is 6.26. The van der Waals surface area contributed by atoms with Crippen molar-refractivity contribution in [2.24, 2.45) is 0 Å². The van der Waals surface area contributed by atoms with Gasteiger partial charge >= 0.3 is 5.97 Å². The average molecular weight is 409 g/mol. The maximum atomic E-state index is 13.3. The van der Waals surface area contributed by atoms with Crippen LogP contribution in [0.2, 0.25) is 0 Å². The number of hydrogen-bond acceptors (Lipinski definition) is 7. The Morgan fingerprint density at radius 2 is 1.81 bits per heavy atom. The van der Waals surface area contributed by atoms with Crippen LogP contribution < -0.4 is 11.1 Å². The molecule has 8 heteroatoms. The van der Waals surface area contributed by atoms with E-state index in [2.05, 4.69) is 5.32 Å². The lowest BCUT2D eigenvalue weighted by Crippen LogP contribution is -2.22. The summed E-state index contributed by atoms with van der Waals surface area (Å²) < 4.78 is 31.4. The van der Waals surface area contributed by atoms with Gasteiger partial charge in [-0.15, -0.1) is 11.3 Å². The number of carbonyl (C=O) groups is 1. The summed E-state index contributed by atoms with van der Waals surface area (Å²) in [6.07, 6.45) is 5.32. The van der Waals surface area contributed by atoms with E-state index in [9.17, 15) is 13.2 Å². The molecule has 0 unspecified atom stereocenters. The summed E-state index contributed by atoms with van der Waals surface area (Å²) in [4.78, 5) is 12.3. The van der Waals surface area contributed by atoms with Crippen LogP contribution in [0.15, 0.2) is 34.1 Å². The molecule has 1 heterocycles. The van der Waals surface area contributed by atoms with Gasteiger partial charge in [-0.3, -0.25) is 0 Å². The van der Waals surface area contributed by atoms with E-state index in [1.165, 1.54) is 13.5 Å². The van der Waals surface area contributed by atoms with E-state index in [0.29, 0.717) is 5.00 Å². The number of sulfone groups is 1. The lowest BCUT2D eigenvalue weighted by atomic mass is 9.96. The molecule has 0 atom stereocenters. The SMILES string of the molecule is COC(=O)c1sc(NC2CCCCC2)c(S(=O)(=O)c2ccc(C)cc2)c1N. The second-order valence-electron chi connectivity index (χ2n) is 6.79. The molecule has 1 aromatic heterocycles. The van der Waals surface area contributed by atoms with Crippen molar-refractivity contribution in [2.45, 2.75) is 54.9 Å².